The average Bonchev–Trinajstić information content (AvgIpc) is 3.13. The molecule has 1 unspecified atom stereocenters. The van der Waals surface area contributed by atoms with Crippen LogP contribution in [-0.2, 0) is 18.3 Å². The zero-order valence-electron chi connectivity index (χ0n) is 17.9. The van der Waals surface area contributed by atoms with Gasteiger partial charge >= 0.3 is 5.97 Å². The minimum Gasteiger partial charge on any atom is -0.493 e. The fourth-order valence-corrected chi connectivity index (χ4v) is 4.51. The van der Waals surface area contributed by atoms with Crippen molar-refractivity contribution in [3.05, 3.63) is 54.2 Å². The molecule has 1 aromatic heterocycles. The summed E-state index contributed by atoms with van der Waals surface area (Å²) in [4.78, 5) is 11.3. The molecule has 4 nitrogen and oxygen atoms in total. The molecular formula is C26H31NO3. The Morgan fingerprint density at radius 2 is 1.93 bits per heavy atom. The van der Waals surface area contributed by atoms with E-state index >= 15 is 0 Å². The molecule has 0 amide bonds. The molecule has 0 saturated heterocycles. The third kappa shape index (κ3) is 4.53. The number of fused-ring (bicyclic) bond motifs is 1. The number of benzene rings is 2. The van der Waals surface area contributed by atoms with Gasteiger partial charge in [0.25, 0.3) is 0 Å². The minimum absolute atomic E-state index is 0.413. The first kappa shape index (κ1) is 20.5. The van der Waals surface area contributed by atoms with Gasteiger partial charge in [0, 0.05) is 29.7 Å². The number of nitrogens with zero attached hydrogens (tertiary/aromatic N) is 1. The molecule has 0 aliphatic heterocycles. The van der Waals surface area contributed by atoms with Crippen molar-refractivity contribution in [1.82, 2.24) is 4.57 Å². The number of hydrogen-bond donors (Lipinski definition) is 1. The van der Waals surface area contributed by atoms with Crippen molar-refractivity contribution in [2.24, 2.45) is 18.9 Å². The smallest absolute Gasteiger partial charge is 0.306 e. The SMILES string of the molecule is CC(Cc1ccc(OCC2CCCCC2)c(-c2ccc3c(ccn3C)c2)c1)C(=O)O. The van der Waals surface area contributed by atoms with E-state index in [1.165, 1.54) is 43.0 Å². The normalized spacial score (nSPS) is 15.9. The van der Waals surface area contributed by atoms with E-state index in [4.69, 9.17) is 4.74 Å². The first-order valence-electron chi connectivity index (χ1n) is 11.1. The molecule has 1 heterocycles. The predicted molar refractivity (Wildman–Crippen MR) is 121 cm³/mol. The number of aryl methyl sites for hydroxylation is 1. The molecule has 1 atom stereocenters. The van der Waals surface area contributed by atoms with Crippen LogP contribution in [0.4, 0.5) is 0 Å². The molecule has 1 N–H and O–H groups in total. The summed E-state index contributed by atoms with van der Waals surface area (Å²) in [7, 11) is 2.05. The molecule has 0 radical (unpaired) electrons. The Hall–Kier alpha value is -2.75. The van der Waals surface area contributed by atoms with Crippen LogP contribution in [0.3, 0.4) is 0 Å². The van der Waals surface area contributed by atoms with E-state index in [9.17, 15) is 9.90 Å². The highest BCUT2D eigenvalue weighted by Crippen LogP contribution is 2.35. The first-order valence-corrected chi connectivity index (χ1v) is 11.1. The van der Waals surface area contributed by atoms with Crippen molar-refractivity contribution in [1.29, 1.82) is 0 Å². The highest BCUT2D eigenvalue weighted by atomic mass is 16.5. The van der Waals surface area contributed by atoms with Gasteiger partial charge in [0.15, 0.2) is 0 Å². The number of carbonyl (C=O) groups is 1. The molecule has 1 aliphatic rings. The number of rotatable bonds is 7. The average molecular weight is 406 g/mol. The number of aliphatic carboxylic acids is 1. The lowest BCUT2D eigenvalue weighted by Gasteiger charge is -2.23. The van der Waals surface area contributed by atoms with E-state index in [0.29, 0.717) is 12.3 Å². The molecule has 158 valence electrons. The second kappa shape index (κ2) is 8.95. The first-order chi connectivity index (χ1) is 14.5. The van der Waals surface area contributed by atoms with E-state index in [-0.39, 0.29) is 0 Å². The fraction of sp³-hybridized carbons (Fsp3) is 0.423. The highest BCUT2D eigenvalue weighted by Gasteiger charge is 2.17. The standard InChI is InChI=1S/C26H31NO3/c1-18(26(28)29)14-20-8-11-25(30-17-19-6-4-3-5-7-19)23(15-20)21-9-10-24-22(16-21)12-13-27(24)2/h8-13,15-16,18-19H,3-7,14,17H2,1-2H3,(H,28,29). The van der Waals surface area contributed by atoms with Crippen LogP contribution in [0.2, 0.25) is 0 Å². The number of carboxylic acids is 1. The molecule has 0 spiro atoms. The van der Waals surface area contributed by atoms with Gasteiger partial charge in [0.2, 0.25) is 0 Å². The lowest BCUT2D eigenvalue weighted by Crippen LogP contribution is -2.15. The molecule has 1 fully saturated rings. The second-order valence-electron chi connectivity index (χ2n) is 8.79. The van der Waals surface area contributed by atoms with Crippen LogP contribution < -0.4 is 4.74 Å². The van der Waals surface area contributed by atoms with Gasteiger partial charge in [0.05, 0.1) is 12.5 Å². The van der Waals surface area contributed by atoms with Gasteiger partial charge in [0.1, 0.15) is 5.75 Å². The number of ether oxygens (including phenoxy) is 1. The molecule has 4 rings (SSSR count). The third-order valence-electron chi connectivity index (χ3n) is 6.40. The molecule has 4 heteroatoms. The molecule has 2 aromatic carbocycles. The lowest BCUT2D eigenvalue weighted by molar-refractivity contribution is -0.141. The Morgan fingerprint density at radius 1 is 1.13 bits per heavy atom. The quantitative estimate of drug-likeness (QED) is 0.519. The maximum Gasteiger partial charge on any atom is 0.306 e. The third-order valence-corrected chi connectivity index (χ3v) is 6.40. The van der Waals surface area contributed by atoms with Crippen molar-refractivity contribution >= 4 is 16.9 Å². The zero-order chi connectivity index (χ0) is 21.1. The summed E-state index contributed by atoms with van der Waals surface area (Å²) in [5.74, 6) is 0.348. The lowest BCUT2D eigenvalue weighted by atomic mass is 9.90. The summed E-state index contributed by atoms with van der Waals surface area (Å²) < 4.78 is 8.45. The predicted octanol–water partition coefficient (Wildman–Crippen LogP) is 6.07. The zero-order valence-corrected chi connectivity index (χ0v) is 17.9. The molecule has 30 heavy (non-hydrogen) atoms. The van der Waals surface area contributed by atoms with Gasteiger partial charge in [-0.2, -0.15) is 0 Å². The molecule has 1 saturated carbocycles. The van der Waals surface area contributed by atoms with E-state index < -0.39 is 11.9 Å². The molecular weight excluding hydrogens is 374 g/mol. The molecule has 1 aliphatic carbocycles. The van der Waals surface area contributed by atoms with Crippen LogP contribution in [0.15, 0.2) is 48.7 Å². The maximum atomic E-state index is 11.3. The summed E-state index contributed by atoms with van der Waals surface area (Å²) in [6.07, 6.45) is 9.03. The Balaban J connectivity index is 1.66. The minimum atomic E-state index is -0.764. The van der Waals surface area contributed by atoms with Crippen LogP contribution >= 0.6 is 0 Å². The number of carboxylic acid groups (broad SMARTS) is 1. The number of hydrogen-bond acceptors (Lipinski definition) is 2. The highest BCUT2D eigenvalue weighted by molar-refractivity contribution is 5.87. The monoisotopic (exact) mass is 405 g/mol. The van der Waals surface area contributed by atoms with Crippen molar-refractivity contribution < 1.29 is 14.6 Å². The largest absolute Gasteiger partial charge is 0.493 e. The van der Waals surface area contributed by atoms with E-state index in [2.05, 4.69) is 48.1 Å². The van der Waals surface area contributed by atoms with E-state index in [1.54, 1.807) is 6.92 Å². The topological polar surface area (TPSA) is 51.5 Å². The van der Waals surface area contributed by atoms with Gasteiger partial charge in [-0.1, -0.05) is 38.3 Å². The Morgan fingerprint density at radius 3 is 2.70 bits per heavy atom. The van der Waals surface area contributed by atoms with Gasteiger partial charge < -0.3 is 14.4 Å². The second-order valence-corrected chi connectivity index (χ2v) is 8.79. The summed E-state index contributed by atoms with van der Waals surface area (Å²) in [5, 5.41) is 10.5. The molecule has 3 aromatic rings. The fourth-order valence-electron chi connectivity index (χ4n) is 4.51. The van der Waals surface area contributed by atoms with E-state index in [0.717, 1.165) is 29.0 Å². The van der Waals surface area contributed by atoms with Crippen molar-refractivity contribution in [3.8, 4) is 16.9 Å². The van der Waals surface area contributed by atoms with Crippen LogP contribution in [0, 0.1) is 11.8 Å². The van der Waals surface area contributed by atoms with Crippen LogP contribution in [0.5, 0.6) is 5.75 Å². The summed E-state index contributed by atoms with van der Waals surface area (Å²) in [6, 6.07) is 14.7. The van der Waals surface area contributed by atoms with Gasteiger partial charge in [-0.15, -0.1) is 0 Å². The Bertz CT molecular complexity index is 1030. The summed E-state index contributed by atoms with van der Waals surface area (Å²) in [6.45, 7) is 2.51. The summed E-state index contributed by atoms with van der Waals surface area (Å²) >= 11 is 0. The van der Waals surface area contributed by atoms with Crippen molar-refractivity contribution in [2.45, 2.75) is 45.4 Å². The number of aromatic nitrogens is 1. The summed E-state index contributed by atoms with van der Waals surface area (Å²) in [5.41, 5.74) is 4.38. The van der Waals surface area contributed by atoms with Crippen molar-refractivity contribution in [2.75, 3.05) is 6.61 Å². The van der Waals surface area contributed by atoms with Gasteiger partial charge in [-0.25, -0.2) is 0 Å². The Labute approximate surface area is 178 Å². The van der Waals surface area contributed by atoms with Gasteiger partial charge in [-0.05, 0) is 66.6 Å². The van der Waals surface area contributed by atoms with Gasteiger partial charge in [-0.3, -0.25) is 4.79 Å². The van der Waals surface area contributed by atoms with Crippen LogP contribution in [0.1, 0.15) is 44.6 Å². The molecule has 0 bridgehead atoms. The van der Waals surface area contributed by atoms with Crippen LogP contribution in [0.25, 0.3) is 22.0 Å². The van der Waals surface area contributed by atoms with Crippen molar-refractivity contribution in [3.63, 3.8) is 0 Å². The Kier molecular flexibility index (Phi) is 6.12. The van der Waals surface area contributed by atoms with Crippen LogP contribution in [-0.4, -0.2) is 22.2 Å². The maximum absolute atomic E-state index is 11.3. The van der Waals surface area contributed by atoms with E-state index in [1.807, 2.05) is 12.1 Å².